The van der Waals surface area contributed by atoms with Crippen molar-refractivity contribution in [3.05, 3.63) is 45.9 Å². The van der Waals surface area contributed by atoms with Crippen LogP contribution in [0.3, 0.4) is 0 Å². The van der Waals surface area contributed by atoms with Gasteiger partial charge in [-0.1, -0.05) is 0 Å². The van der Waals surface area contributed by atoms with Crippen molar-refractivity contribution in [2.75, 3.05) is 4.72 Å². The zero-order chi connectivity index (χ0) is 15.6. The van der Waals surface area contributed by atoms with Gasteiger partial charge in [-0.2, -0.15) is 5.26 Å². The summed E-state index contributed by atoms with van der Waals surface area (Å²) in [6.45, 7) is 0. The zero-order valence-corrected chi connectivity index (χ0v) is 11.8. The van der Waals surface area contributed by atoms with E-state index in [1.807, 2.05) is 4.72 Å². The summed E-state index contributed by atoms with van der Waals surface area (Å²) >= 11 is 0.750. The monoisotopic (exact) mass is 326 g/mol. The number of benzene rings is 1. The molecule has 0 spiro atoms. The molecule has 0 saturated carbocycles. The van der Waals surface area contributed by atoms with Gasteiger partial charge in [0.15, 0.2) is 0 Å². The Hall–Kier alpha value is -2.44. The van der Waals surface area contributed by atoms with E-state index in [0.29, 0.717) is 0 Å². The van der Waals surface area contributed by atoms with Gasteiger partial charge in [0.25, 0.3) is 10.0 Å². The lowest BCUT2D eigenvalue weighted by molar-refractivity contribution is 0.0698. The highest BCUT2D eigenvalue weighted by atomic mass is 32.2. The minimum absolute atomic E-state index is 0.0391. The summed E-state index contributed by atoms with van der Waals surface area (Å²) < 4.78 is 39.8. The number of nitrogens with one attached hydrogen (secondary N) is 1. The SMILES string of the molecule is N#Cc1ccc(NS(=O)(=O)c2ccsc2C(=O)O)c(F)c1. The van der Waals surface area contributed by atoms with E-state index < -0.39 is 26.7 Å². The molecule has 1 aromatic heterocycles. The third kappa shape index (κ3) is 3.01. The molecule has 0 aliphatic heterocycles. The molecule has 0 aliphatic carbocycles. The van der Waals surface area contributed by atoms with Crippen molar-refractivity contribution in [2.45, 2.75) is 4.90 Å². The lowest BCUT2D eigenvalue weighted by atomic mass is 10.2. The number of nitriles is 1. The van der Waals surface area contributed by atoms with Crippen molar-refractivity contribution in [1.82, 2.24) is 0 Å². The Balaban J connectivity index is 2.41. The molecule has 1 aromatic carbocycles. The summed E-state index contributed by atoms with van der Waals surface area (Å²) in [5, 5.41) is 18.8. The molecule has 21 heavy (non-hydrogen) atoms. The Labute approximate surface area is 123 Å². The van der Waals surface area contributed by atoms with Gasteiger partial charge in [0, 0.05) is 0 Å². The van der Waals surface area contributed by atoms with Gasteiger partial charge in [0.05, 0.1) is 17.3 Å². The van der Waals surface area contributed by atoms with Crippen LogP contribution in [0.2, 0.25) is 0 Å². The first-order valence-corrected chi connectivity index (χ1v) is 7.74. The van der Waals surface area contributed by atoms with Gasteiger partial charge >= 0.3 is 5.97 Å². The van der Waals surface area contributed by atoms with Crippen molar-refractivity contribution in [1.29, 1.82) is 5.26 Å². The summed E-state index contributed by atoms with van der Waals surface area (Å²) in [7, 11) is -4.23. The normalized spacial score (nSPS) is 10.9. The molecule has 0 fully saturated rings. The van der Waals surface area contributed by atoms with Crippen LogP contribution < -0.4 is 4.72 Å². The lowest BCUT2D eigenvalue weighted by Gasteiger charge is -2.08. The van der Waals surface area contributed by atoms with Gasteiger partial charge in [-0.05, 0) is 29.6 Å². The lowest BCUT2D eigenvalue weighted by Crippen LogP contribution is -2.16. The number of halogens is 1. The predicted molar refractivity (Wildman–Crippen MR) is 73.2 cm³/mol. The molecule has 1 heterocycles. The molecule has 0 atom stereocenters. The maximum Gasteiger partial charge on any atom is 0.347 e. The highest BCUT2D eigenvalue weighted by molar-refractivity contribution is 7.93. The van der Waals surface area contributed by atoms with Gasteiger partial charge in [-0.3, -0.25) is 4.72 Å². The second-order valence-electron chi connectivity index (χ2n) is 3.83. The fraction of sp³-hybridized carbons (Fsp3) is 0. The Morgan fingerprint density at radius 1 is 1.38 bits per heavy atom. The standard InChI is InChI=1S/C12H7FN2O4S2/c13-8-5-7(6-14)1-2-9(8)15-21(18,19)10-3-4-20-11(10)12(16)17/h1-5,15H,(H,16,17). The van der Waals surface area contributed by atoms with Crippen LogP contribution >= 0.6 is 11.3 Å². The first kappa shape index (κ1) is 15.0. The molecule has 2 rings (SSSR count). The maximum absolute atomic E-state index is 13.7. The number of thiophene rings is 1. The molecule has 0 bridgehead atoms. The van der Waals surface area contributed by atoms with E-state index in [9.17, 15) is 17.6 Å². The van der Waals surface area contributed by atoms with Crippen molar-refractivity contribution in [2.24, 2.45) is 0 Å². The Morgan fingerprint density at radius 2 is 2.10 bits per heavy atom. The molecular weight excluding hydrogens is 319 g/mol. The van der Waals surface area contributed by atoms with Crippen molar-refractivity contribution < 1.29 is 22.7 Å². The number of nitrogens with zero attached hydrogens (tertiary/aromatic N) is 1. The van der Waals surface area contributed by atoms with Gasteiger partial charge in [-0.25, -0.2) is 17.6 Å². The minimum Gasteiger partial charge on any atom is -0.477 e. The third-order valence-electron chi connectivity index (χ3n) is 2.46. The Morgan fingerprint density at radius 3 is 2.67 bits per heavy atom. The molecule has 0 unspecified atom stereocenters. The van der Waals surface area contributed by atoms with Crippen LogP contribution in [0.1, 0.15) is 15.2 Å². The zero-order valence-electron chi connectivity index (χ0n) is 10.2. The number of rotatable bonds is 4. The fourth-order valence-corrected chi connectivity index (χ4v) is 3.86. The molecule has 2 N–H and O–H groups in total. The number of sulfonamides is 1. The fourth-order valence-electron chi connectivity index (χ4n) is 1.53. The number of anilines is 1. The van der Waals surface area contributed by atoms with Crippen LogP contribution in [0.25, 0.3) is 0 Å². The van der Waals surface area contributed by atoms with E-state index in [4.69, 9.17) is 10.4 Å². The van der Waals surface area contributed by atoms with Gasteiger partial charge in [0.1, 0.15) is 15.6 Å². The van der Waals surface area contributed by atoms with Crippen molar-refractivity contribution in [3.8, 4) is 6.07 Å². The van der Waals surface area contributed by atoms with Crippen molar-refractivity contribution >= 4 is 33.0 Å². The molecule has 0 aliphatic rings. The molecule has 108 valence electrons. The topological polar surface area (TPSA) is 107 Å². The van der Waals surface area contributed by atoms with Gasteiger partial charge in [-0.15, -0.1) is 11.3 Å². The van der Waals surface area contributed by atoms with Crippen LogP contribution in [0, 0.1) is 17.1 Å². The summed E-state index contributed by atoms with van der Waals surface area (Å²) in [5.41, 5.74) is -0.325. The number of hydrogen-bond donors (Lipinski definition) is 2. The number of carboxylic acid groups (broad SMARTS) is 1. The smallest absolute Gasteiger partial charge is 0.347 e. The number of carboxylic acids is 1. The maximum atomic E-state index is 13.7. The molecule has 0 saturated heterocycles. The molecule has 9 heteroatoms. The van der Waals surface area contributed by atoms with Crippen LogP contribution in [-0.4, -0.2) is 19.5 Å². The number of aromatic carboxylic acids is 1. The summed E-state index contributed by atoms with van der Waals surface area (Å²) in [6, 6.07) is 6.06. The number of carbonyl (C=O) groups is 1. The first-order chi connectivity index (χ1) is 9.85. The highest BCUT2D eigenvalue weighted by Gasteiger charge is 2.24. The summed E-state index contributed by atoms with van der Waals surface area (Å²) in [5.74, 6) is -2.31. The molecule has 0 radical (unpaired) electrons. The minimum atomic E-state index is -4.23. The Bertz CT molecular complexity index is 852. The third-order valence-corrected chi connectivity index (χ3v) is 4.89. The Kier molecular flexibility index (Phi) is 3.93. The molecule has 2 aromatic rings. The summed E-state index contributed by atoms with van der Waals surface area (Å²) in [4.78, 5) is 10.1. The van der Waals surface area contributed by atoms with E-state index in [1.54, 1.807) is 6.07 Å². The molecular formula is C12H7FN2O4S2. The van der Waals surface area contributed by atoms with E-state index in [1.165, 1.54) is 11.4 Å². The first-order valence-electron chi connectivity index (χ1n) is 5.38. The van der Waals surface area contributed by atoms with Gasteiger partial charge in [0.2, 0.25) is 0 Å². The largest absolute Gasteiger partial charge is 0.477 e. The van der Waals surface area contributed by atoms with E-state index in [2.05, 4.69) is 0 Å². The van der Waals surface area contributed by atoms with Crippen LogP contribution in [0.5, 0.6) is 0 Å². The average Bonchev–Trinajstić information content (AvgIpc) is 2.91. The number of hydrogen-bond acceptors (Lipinski definition) is 5. The van der Waals surface area contributed by atoms with E-state index in [0.717, 1.165) is 29.5 Å². The van der Waals surface area contributed by atoms with Crippen LogP contribution in [0.4, 0.5) is 10.1 Å². The van der Waals surface area contributed by atoms with E-state index >= 15 is 0 Å². The quantitative estimate of drug-likeness (QED) is 0.896. The van der Waals surface area contributed by atoms with Gasteiger partial charge < -0.3 is 5.11 Å². The van der Waals surface area contributed by atoms with E-state index in [-0.39, 0.29) is 16.1 Å². The van der Waals surface area contributed by atoms with Crippen molar-refractivity contribution in [3.63, 3.8) is 0 Å². The van der Waals surface area contributed by atoms with Crippen LogP contribution in [-0.2, 0) is 10.0 Å². The molecule has 0 amide bonds. The highest BCUT2D eigenvalue weighted by Crippen LogP contribution is 2.25. The average molecular weight is 326 g/mol. The second-order valence-corrected chi connectivity index (χ2v) is 6.40. The molecule has 6 nitrogen and oxygen atoms in total. The summed E-state index contributed by atoms with van der Waals surface area (Å²) in [6.07, 6.45) is 0. The van der Waals surface area contributed by atoms with Crippen LogP contribution in [0.15, 0.2) is 34.5 Å². The predicted octanol–water partition coefficient (Wildman–Crippen LogP) is 2.26. The second kappa shape index (κ2) is 5.51.